The molecule has 0 aliphatic carbocycles. The predicted octanol–water partition coefficient (Wildman–Crippen LogP) is 9.98. The number of para-hydroxylation sites is 6. The summed E-state index contributed by atoms with van der Waals surface area (Å²) in [5.74, 6) is 1.70. The first kappa shape index (κ1) is 20.2. The van der Waals surface area contributed by atoms with E-state index >= 15 is 0 Å². The summed E-state index contributed by atoms with van der Waals surface area (Å²) in [5, 5.41) is 4.62. The van der Waals surface area contributed by atoms with Crippen molar-refractivity contribution in [2.24, 2.45) is 0 Å². The van der Waals surface area contributed by atoms with Crippen molar-refractivity contribution >= 4 is 49.8 Å². The minimum Gasteiger partial charge on any atom is -0.455 e. The van der Waals surface area contributed by atoms with Gasteiger partial charge >= 0.3 is 0 Å². The van der Waals surface area contributed by atoms with Gasteiger partial charge in [0.2, 0.25) is 0 Å². The summed E-state index contributed by atoms with van der Waals surface area (Å²) in [6, 6.07) is 44.1. The van der Waals surface area contributed by atoms with Gasteiger partial charge in [0.25, 0.3) is 0 Å². The maximum Gasteiger partial charge on any atom is 0.151 e. The van der Waals surface area contributed by atoms with E-state index in [1.807, 2.05) is 36.4 Å². The van der Waals surface area contributed by atoms with Crippen LogP contribution in [0.5, 0.6) is 11.5 Å². The lowest BCUT2D eigenvalue weighted by Crippen LogP contribution is -2.16. The van der Waals surface area contributed by atoms with Gasteiger partial charge < -0.3 is 14.1 Å². The zero-order valence-corrected chi connectivity index (χ0v) is 19.9. The highest BCUT2D eigenvalue weighted by Gasteiger charge is 2.27. The lowest BCUT2D eigenvalue weighted by molar-refractivity contribution is 0.477. The van der Waals surface area contributed by atoms with Crippen LogP contribution in [0.4, 0.5) is 17.1 Å². The quantitative estimate of drug-likeness (QED) is 0.249. The van der Waals surface area contributed by atoms with Crippen molar-refractivity contribution in [2.45, 2.75) is 0 Å². The highest BCUT2D eigenvalue weighted by Crippen LogP contribution is 2.52. The van der Waals surface area contributed by atoms with Crippen LogP contribution in [0.25, 0.3) is 43.8 Å². The number of hydrogen-bond acceptors (Lipinski definition) is 3. The monoisotopic (exact) mass is 475 g/mol. The first-order valence-corrected chi connectivity index (χ1v) is 12.5. The Morgan fingerprint density at radius 2 is 1.03 bits per heavy atom. The minimum absolute atomic E-state index is 0.849. The van der Waals surface area contributed by atoms with Crippen molar-refractivity contribution in [3.8, 4) is 22.6 Å². The van der Waals surface area contributed by atoms with Crippen molar-refractivity contribution in [3.63, 3.8) is 0 Å². The smallest absolute Gasteiger partial charge is 0.151 e. The second-order valence-corrected chi connectivity index (χ2v) is 9.33. The molecule has 3 heteroatoms. The summed E-state index contributed by atoms with van der Waals surface area (Å²) in [4.78, 5) is 2.31. The van der Waals surface area contributed by atoms with E-state index < -0.39 is 0 Å². The molecular weight excluding hydrogens is 454 g/mol. The molecule has 8 rings (SSSR count). The van der Waals surface area contributed by atoms with E-state index in [-0.39, 0.29) is 0 Å². The first-order valence-electron chi connectivity index (χ1n) is 12.5. The second kappa shape index (κ2) is 7.74. The highest BCUT2D eigenvalue weighted by atomic mass is 16.5. The summed E-state index contributed by atoms with van der Waals surface area (Å²) in [6.45, 7) is 0. The molecule has 7 aromatic rings. The van der Waals surface area contributed by atoms with E-state index in [9.17, 15) is 0 Å². The number of benzene rings is 6. The molecule has 0 N–H and O–H groups in total. The zero-order valence-electron chi connectivity index (χ0n) is 19.9. The third kappa shape index (κ3) is 2.95. The summed E-state index contributed by atoms with van der Waals surface area (Å²) in [7, 11) is 0. The number of ether oxygens (including phenoxy) is 1. The number of fused-ring (bicyclic) bond motifs is 6. The van der Waals surface area contributed by atoms with E-state index in [2.05, 4.69) is 95.9 Å². The topological polar surface area (TPSA) is 25.6 Å². The molecule has 0 saturated carbocycles. The Morgan fingerprint density at radius 1 is 0.405 bits per heavy atom. The molecule has 0 spiro atoms. The summed E-state index contributed by atoms with van der Waals surface area (Å²) in [5.41, 5.74) is 7.24. The first-order chi connectivity index (χ1) is 18.4. The van der Waals surface area contributed by atoms with Crippen LogP contribution in [-0.2, 0) is 0 Å². The molecule has 2 heterocycles. The van der Waals surface area contributed by atoms with E-state index in [0.717, 1.165) is 61.6 Å². The van der Waals surface area contributed by atoms with Crippen LogP contribution in [0.1, 0.15) is 0 Å². The number of hydrogen-bond donors (Lipinski definition) is 0. The van der Waals surface area contributed by atoms with Crippen LogP contribution in [0, 0.1) is 0 Å². The fourth-order valence-electron chi connectivity index (χ4n) is 5.64. The third-order valence-electron chi connectivity index (χ3n) is 7.27. The Labute approximate surface area is 213 Å². The maximum atomic E-state index is 6.40. The molecule has 1 aliphatic rings. The molecule has 37 heavy (non-hydrogen) atoms. The lowest BCUT2D eigenvalue weighted by Gasteiger charge is -2.33. The van der Waals surface area contributed by atoms with Crippen LogP contribution >= 0.6 is 0 Å². The molecule has 1 aliphatic heterocycles. The fraction of sp³-hybridized carbons (Fsp3) is 0. The summed E-state index contributed by atoms with van der Waals surface area (Å²) >= 11 is 0. The standard InChI is InChI=1S/C34H21NO2/c1-2-11-24-22(10-1)23(26-13-9-14-27-25-12-3-6-17-31(25)37-34(26)27)20-21-28(24)35-29-15-4-7-18-32(29)36-33-19-8-5-16-30(33)35/h1-21H. The van der Waals surface area contributed by atoms with E-state index in [1.54, 1.807) is 0 Å². The van der Waals surface area contributed by atoms with Gasteiger partial charge in [-0.25, -0.2) is 0 Å². The highest BCUT2D eigenvalue weighted by molar-refractivity contribution is 6.14. The molecule has 0 atom stereocenters. The van der Waals surface area contributed by atoms with Gasteiger partial charge in [-0.15, -0.1) is 0 Å². The molecule has 6 aromatic carbocycles. The van der Waals surface area contributed by atoms with Gasteiger partial charge in [-0.2, -0.15) is 0 Å². The van der Waals surface area contributed by atoms with Gasteiger partial charge in [-0.3, -0.25) is 0 Å². The van der Waals surface area contributed by atoms with Crippen molar-refractivity contribution in [2.75, 3.05) is 4.90 Å². The zero-order chi connectivity index (χ0) is 24.3. The van der Waals surface area contributed by atoms with E-state index in [4.69, 9.17) is 9.15 Å². The van der Waals surface area contributed by atoms with Crippen LogP contribution in [0.15, 0.2) is 132 Å². The van der Waals surface area contributed by atoms with Crippen LogP contribution < -0.4 is 9.64 Å². The van der Waals surface area contributed by atoms with Gasteiger partial charge in [0, 0.05) is 21.7 Å². The summed E-state index contributed by atoms with van der Waals surface area (Å²) in [6.07, 6.45) is 0. The molecule has 0 saturated heterocycles. The van der Waals surface area contributed by atoms with Crippen LogP contribution in [0.2, 0.25) is 0 Å². The normalized spacial score (nSPS) is 12.5. The van der Waals surface area contributed by atoms with E-state index in [1.165, 1.54) is 10.8 Å². The molecule has 0 amide bonds. The summed E-state index contributed by atoms with van der Waals surface area (Å²) < 4.78 is 12.7. The molecule has 0 radical (unpaired) electrons. The Kier molecular flexibility index (Phi) is 4.23. The second-order valence-electron chi connectivity index (χ2n) is 9.33. The Balaban J connectivity index is 1.40. The van der Waals surface area contributed by atoms with Crippen molar-refractivity contribution in [3.05, 3.63) is 127 Å². The molecule has 1 aromatic heterocycles. The van der Waals surface area contributed by atoms with Gasteiger partial charge in [-0.1, -0.05) is 91.0 Å². The van der Waals surface area contributed by atoms with Gasteiger partial charge in [0.05, 0.1) is 17.1 Å². The average Bonchev–Trinajstić information content (AvgIpc) is 3.35. The van der Waals surface area contributed by atoms with Crippen LogP contribution in [-0.4, -0.2) is 0 Å². The number of rotatable bonds is 2. The average molecular weight is 476 g/mol. The predicted molar refractivity (Wildman–Crippen MR) is 151 cm³/mol. The number of anilines is 3. The van der Waals surface area contributed by atoms with E-state index in [0.29, 0.717) is 0 Å². The third-order valence-corrected chi connectivity index (χ3v) is 7.27. The molecule has 0 bridgehead atoms. The molecule has 174 valence electrons. The van der Waals surface area contributed by atoms with Crippen molar-refractivity contribution < 1.29 is 9.15 Å². The van der Waals surface area contributed by atoms with Gasteiger partial charge in [-0.05, 0) is 47.3 Å². The van der Waals surface area contributed by atoms with Gasteiger partial charge in [0.15, 0.2) is 11.5 Å². The minimum atomic E-state index is 0.849. The largest absolute Gasteiger partial charge is 0.455 e. The van der Waals surface area contributed by atoms with Gasteiger partial charge in [0.1, 0.15) is 11.2 Å². The maximum absolute atomic E-state index is 6.40. The Hall–Kier alpha value is -5.02. The number of nitrogens with zero attached hydrogens (tertiary/aromatic N) is 1. The number of furan rings is 1. The van der Waals surface area contributed by atoms with Crippen LogP contribution in [0.3, 0.4) is 0 Å². The molecule has 0 fully saturated rings. The SMILES string of the molecule is c1ccc2c(c1)Oc1ccccc1N2c1ccc(-c2cccc3c2oc2ccccc23)c2ccccc12. The Morgan fingerprint density at radius 3 is 1.81 bits per heavy atom. The van der Waals surface area contributed by atoms with Crippen molar-refractivity contribution in [1.29, 1.82) is 0 Å². The van der Waals surface area contributed by atoms with Crippen molar-refractivity contribution in [1.82, 2.24) is 0 Å². The molecular formula is C34H21NO2. The molecule has 3 nitrogen and oxygen atoms in total. The lowest BCUT2D eigenvalue weighted by atomic mass is 9.95. The molecule has 0 unspecified atom stereocenters. The Bertz CT molecular complexity index is 1940. The fourth-order valence-corrected chi connectivity index (χ4v) is 5.64.